The molecule has 0 spiro atoms. The number of carbonyl (C=O) groups excluding carboxylic acids is 3. The van der Waals surface area contributed by atoms with Gasteiger partial charge in [0.1, 0.15) is 48.0 Å². The molecule has 5 heterocycles. The Labute approximate surface area is 400 Å². The predicted octanol–water partition coefficient (Wildman–Crippen LogP) is 5.78. The average molecular weight is 945 g/mol. The molecule has 0 bridgehead atoms. The van der Waals surface area contributed by atoms with Gasteiger partial charge >= 0.3 is 0 Å². The van der Waals surface area contributed by atoms with Crippen LogP contribution in [0.3, 0.4) is 0 Å². The van der Waals surface area contributed by atoms with Crippen LogP contribution in [-0.2, 0) is 30.4 Å². The summed E-state index contributed by atoms with van der Waals surface area (Å²) in [5.41, 5.74) is 12.8. The molecule has 2 saturated heterocycles. The number of β-amino-alcohol motifs (C(OH)–C–C–N with tert-alkyl or cyclic N) is 1. The Kier molecular flexibility index (Phi) is 15.4. The summed E-state index contributed by atoms with van der Waals surface area (Å²) in [5.74, 6) is 0.607. The fourth-order valence-corrected chi connectivity index (χ4v) is 9.52. The lowest BCUT2D eigenvalue weighted by atomic mass is 9.85. The molecular weight excluding hydrogens is 885 g/mol. The van der Waals surface area contributed by atoms with Crippen LogP contribution >= 0.6 is 11.3 Å². The smallest absolute Gasteiger partial charge is 0.246 e. The summed E-state index contributed by atoms with van der Waals surface area (Å²) in [5, 5.41) is 22.1. The van der Waals surface area contributed by atoms with E-state index in [2.05, 4.69) is 30.5 Å². The number of fused-ring (bicyclic) bond motifs is 1. The van der Waals surface area contributed by atoms with Gasteiger partial charge in [-0.1, -0.05) is 63.2 Å². The van der Waals surface area contributed by atoms with Crippen molar-refractivity contribution >= 4 is 45.9 Å². The van der Waals surface area contributed by atoms with E-state index in [0.717, 1.165) is 82.3 Å². The molecule has 6 aromatic rings. The normalized spacial score (nSPS) is 17.3. The number of hydrogen-bond acceptors (Lipinski definition) is 14. The zero-order valence-corrected chi connectivity index (χ0v) is 39.8. The zero-order chi connectivity index (χ0) is 47.8. The van der Waals surface area contributed by atoms with Gasteiger partial charge in [-0.05, 0) is 72.7 Å². The van der Waals surface area contributed by atoms with E-state index < -0.39 is 35.4 Å². The van der Waals surface area contributed by atoms with E-state index in [1.54, 1.807) is 11.3 Å². The van der Waals surface area contributed by atoms with Crippen molar-refractivity contribution in [3.8, 4) is 33.2 Å². The standard InChI is InChI=1S/C50H60N10O7S/c1-32-44(68-31-55-32)35-12-10-33(11-13-35)27-52-48(63)40-26-37(61)28-59(40)49(64)45(50(2,3)4)56-41(62)29-66-25-24-65-23-22-58-20-18-36(19-21-58)60-47-42(46(51)53-30-54-47)43(57-60)34-14-16-39(17-15-34)67-38-8-6-5-7-9-38/h5-17,30-31,36-37,40,45,61H,18-29H2,1-4H3,(H,52,63)(H,56,62)(H2,51,53,54)/t37-,40+,45-/m1/s1. The van der Waals surface area contributed by atoms with Crippen LogP contribution in [0.15, 0.2) is 90.7 Å². The van der Waals surface area contributed by atoms with Crippen molar-refractivity contribution in [2.24, 2.45) is 5.41 Å². The molecule has 68 heavy (non-hydrogen) atoms. The number of aliphatic hydroxyl groups excluding tert-OH is 1. The van der Waals surface area contributed by atoms with Gasteiger partial charge in [0.25, 0.3) is 0 Å². The van der Waals surface area contributed by atoms with Crippen molar-refractivity contribution in [1.29, 1.82) is 0 Å². The third-order valence-corrected chi connectivity index (χ3v) is 13.4. The van der Waals surface area contributed by atoms with Crippen molar-refractivity contribution in [2.75, 3.05) is 58.3 Å². The number of nitrogen functional groups attached to an aromatic ring is 1. The van der Waals surface area contributed by atoms with E-state index in [9.17, 15) is 19.5 Å². The third-order valence-electron chi connectivity index (χ3n) is 12.4. The van der Waals surface area contributed by atoms with E-state index in [1.807, 2.05) is 117 Å². The molecule has 2 aliphatic heterocycles. The number of carbonyl (C=O) groups is 3. The fraction of sp³-hybridized carbons (Fsp3) is 0.420. The van der Waals surface area contributed by atoms with Gasteiger partial charge in [-0.25, -0.2) is 19.6 Å². The van der Waals surface area contributed by atoms with Crippen LogP contribution in [0.5, 0.6) is 11.5 Å². The number of hydrogen-bond donors (Lipinski definition) is 4. The molecule has 3 amide bonds. The number of amides is 3. The van der Waals surface area contributed by atoms with Crippen molar-refractivity contribution < 1.29 is 33.7 Å². The Morgan fingerprint density at radius 1 is 0.897 bits per heavy atom. The van der Waals surface area contributed by atoms with Crippen LogP contribution < -0.4 is 21.1 Å². The topological polar surface area (TPSA) is 212 Å². The Hall–Kier alpha value is -6.31. The minimum Gasteiger partial charge on any atom is -0.457 e. The summed E-state index contributed by atoms with van der Waals surface area (Å²) < 4.78 is 19.5. The van der Waals surface area contributed by atoms with Crippen LogP contribution in [0, 0.1) is 12.3 Å². The molecule has 5 N–H and O–H groups in total. The van der Waals surface area contributed by atoms with E-state index in [1.165, 1.54) is 11.2 Å². The number of nitrogens with zero attached hydrogens (tertiary/aromatic N) is 7. The number of likely N-dealkylation sites (tertiary alicyclic amines) is 2. The second-order valence-electron chi connectivity index (χ2n) is 18.4. The first-order valence-corrected chi connectivity index (χ1v) is 23.9. The van der Waals surface area contributed by atoms with Gasteiger partial charge in [0.05, 0.1) is 53.4 Å². The molecule has 8 rings (SSSR count). The molecule has 3 aromatic carbocycles. The molecule has 2 fully saturated rings. The molecule has 3 atom stereocenters. The van der Waals surface area contributed by atoms with Gasteiger partial charge in [-0.3, -0.25) is 14.4 Å². The molecule has 3 aromatic heterocycles. The first-order chi connectivity index (χ1) is 32.8. The van der Waals surface area contributed by atoms with Crippen molar-refractivity contribution in [2.45, 2.75) is 77.7 Å². The Morgan fingerprint density at radius 2 is 1.60 bits per heavy atom. The van der Waals surface area contributed by atoms with E-state index in [0.29, 0.717) is 24.7 Å². The minimum absolute atomic E-state index is 0.00989. The number of aryl methyl sites for hydroxylation is 1. The minimum atomic E-state index is -0.957. The molecule has 0 radical (unpaired) electrons. The van der Waals surface area contributed by atoms with Crippen LogP contribution in [-0.4, -0.2) is 128 Å². The summed E-state index contributed by atoms with van der Waals surface area (Å²) in [6, 6.07) is 23.6. The van der Waals surface area contributed by atoms with Gasteiger partial charge in [-0.15, -0.1) is 11.3 Å². The summed E-state index contributed by atoms with van der Waals surface area (Å²) in [7, 11) is 0. The Morgan fingerprint density at radius 3 is 2.31 bits per heavy atom. The first kappa shape index (κ1) is 48.2. The predicted molar refractivity (Wildman–Crippen MR) is 260 cm³/mol. The molecule has 2 aliphatic rings. The lowest BCUT2D eigenvalue weighted by molar-refractivity contribution is -0.144. The van der Waals surface area contributed by atoms with Crippen molar-refractivity contribution in [3.05, 3.63) is 102 Å². The number of anilines is 1. The van der Waals surface area contributed by atoms with E-state index >= 15 is 0 Å². The van der Waals surface area contributed by atoms with E-state index in [4.69, 9.17) is 25.0 Å². The molecule has 358 valence electrons. The number of para-hydroxylation sites is 1. The summed E-state index contributed by atoms with van der Waals surface area (Å²) in [6.07, 6.45) is 2.46. The molecule has 0 unspecified atom stereocenters. The highest BCUT2D eigenvalue weighted by molar-refractivity contribution is 7.13. The average Bonchev–Trinajstić information content (AvgIpc) is 4.07. The molecule has 17 nitrogen and oxygen atoms in total. The van der Waals surface area contributed by atoms with Gasteiger partial charge in [0.2, 0.25) is 17.7 Å². The summed E-state index contributed by atoms with van der Waals surface area (Å²) in [4.78, 5) is 58.6. The largest absolute Gasteiger partial charge is 0.457 e. The number of aromatic nitrogens is 5. The number of benzene rings is 3. The van der Waals surface area contributed by atoms with Gasteiger partial charge in [-0.2, -0.15) is 5.10 Å². The number of nitrogens with one attached hydrogen (secondary N) is 2. The van der Waals surface area contributed by atoms with Gasteiger partial charge in [0, 0.05) is 44.7 Å². The van der Waals surface area contributed by atoms with Crippen molar-refractivity contribution in [1.82, 2.24) is 45.2 Å². The number of aliphatic hydroxyl groups is 1. The van der Waals surface area contributed by atoms with Crippen LogP contribution in [0.2, 0.25) is 0 Å². The maximum Gasteiger partial charge on any atom is 0.246 e. The van der Waals surface area contributed by atoms with Crippen LogP contribution in [0.4, 0.5) is 5.82 Å². The van der Waals surface area contributed by atoms with Crippen LogP contribution in [0.25, 0.3) is 32.7 Å². The second-order valence-corrected chi connectivity index (χ2v) is 19.2. The highest BCUT2D eigenvalue weighted by atomic mass is 32.1. The lowest BCUT2D eigenvalue weighted by Crippen LogP contribution is -2.58. The number of piperidine rings is 1. The number of thiazole rings is 1. The highest BCUT2D eigenvalue weighted by Gasteiger charge is 2.44. The summed E-state index contributed by atoms with van der Waals surface area (Å²) in [6.45, 7) is 10.9. The van der Waals surface area contributed by atoms with Crippen LogP contribution in [0.1, 0.15) is 57.3 Å². The summed E-state index contributed by atoms with van der Waals surface area (Å²) >= 11 is 1.58. The van der Waals surface area contributed by atoms with E-state index in [-0.39, 0.29) is 44.7 Å². The highest BCUT2D eigenvalue weighted by Crippen LogP contribution is 2.35. The maximum absolute atomic E-state index is 14.0. The molecular formula is C50H60N10O7S. The third kappa shape index (κ3) is 11.7. The lowest BCUT2D eigenvalue weighted by Gasteiger charge is -2.35. The SMILES string of the molecule is Cc1ncsc1-c1ccc(CNC(=O)[C@@H]2C[C@@H](O)CN2C(=O)[C@@H](NC(=O)COCCOCCN2CCC(n3nc(-c4ccc(Oc5ccccc5)cc4)c4c(N)ncnc43)CC2)C(C)(C)C)cc1. The van der Waals surface area contributed by atoms with Gasteiger partial charge in [0.15, 0.2) is 5.65 Å². The molecule has 0 saturated carbocycles. The fourth-order valence-electron chi connectivity index (χ4n) is 8.71. The Balaban J connectivity index is 0.751. The zero-order valence-electron chi connectivity index (χ0n) is 39.0. The quantitative estimate of drug-likeness (QED) is 0.0754. The maximum atomic E-state index is 14.0. The molecule has 0 aliphatic carbocycles. The number of rotatable bonds is 18. The second kappa shape index (κ2) is 21.8. The monoisotopic (exact) mass is 944 g/mol. The van der Waals surface area contributed by atoms with Gasteiger partial charge < -0.3 is 45.5 Å². The number of ether oxygens (including phenoxy) is 3. The number of nitrogens with two attached hydrogens (primary N) is 1. The molecule has 18 heteroatoms. The van der Waals surface area contributed by atoms with Crippen molar-refractivity contribution in [3.63, 3.8) is 0 Å². The Bertz CT molecular complexity index is 2650. The first-order valence-electron chi connectivity index (χ1n) is 23.1.